The van der Waals surface area contributed by atoms with E-state index in [2.05, 4.69) is 20.5 Å². The Morgan fingerprint density at radius 2 is 2.12 bits per heavy atom. The first-order valence-electron chi connectivity index (χ1n) is 8.28. The van der Waals surface area contributed by atoms with E-state index in [1.54, 1.807) is 11.6 Å². The number of hydrogen-bond acceptors (Lipinski definition) is 5. The van der Waals surface area contributed by atoms with Gasteiger partial charge >= 0.3 is 6.09 Å². The topological polar surface area (TPSA) is 111 Å². The quantitative estimate of drug-likeness (QED) is 0.655. The molecule has 0 spiro atoms. The molecule has 4 rings (SSSR count). The van der Waals surface area contributed by atoms with Crippen molar-refractivity contribution in [2.75, 3.05) is 18.4 Å². The summed E-state index contributed by atoms with van der Waals surface area (Å²) >= 11 is 1.46. The smallest absolute Gasteiger partial charge is 0.407 e. The zero-order valence-corrected chi connectivity index (χ0v) is 14.6. The molecule has 0 radical (unpaired) electrons. The third-order valence-electron chi connectivity index (χ3n) is 4.57. The predicted octanol–water partition coefficient (Wildman–Crippen LogP) is 3.13. The second-order valence-corrected chi connectivity index (χ2v) is 7.13. The number of nitrogens with zero attached hydrogens (tertiary/aromatic N) is 3. The first-order valence-corrected chi connectivity index (χ1v) is 9.16. The number of hydrogen-bond donors (Lipinski definition) is 3. The highest BCUT2D eigenvalue weighted by Crippen LogP contribution is 2.30. The van der Waals surface area contributed by atoms with E-state index in [0.717, 1.165) is 28.8 Å². The van der Waals surface area contributed by atoms with Gasteiger partial charge in [-0.3, -0.25) is 9.89 Å². The molecule has 1 aliphatic heterocycles. The Labute approximate surface area is 152 Å². The number of amides is 2. The van der Waals surface area contributed by atoms with Crippen LogP contribution < -0.4 is 5.32 Å². The molecule has 8 nitrogen and oxygen atoms in total. The molecule has 0 saturated carbocycles. The number of anilines is 1. The van der Waals surface area contributed by atoms with Gasteiger partial charge in [-0.15, -0.1) is 11.3 Å². The minimum absolute atomic E-state index is 0.208. The third kappa shape index (κ3) is 3.25. The number of aromatic amines is 1. The first-order chi connectivity index (χ1) is 12.6. The molecule has 3 aromatic rings. The highest BCUT2D eigenvalue weighted by Gasteiger charge is 2.26. The number of H-pyrrole nitrogens is 1. The lowest BCUT2D eigenvalue weighted by atomic mass is 9.98. The van der Waals surface area contributed by atoms with Crippen molar-refractivity contribution >= 4 is 39.9 Å². The van der Waals surface area contributed by atoms with Gasteiger partial charge in [-0.2, -0.15) is 5.10 Å². The Morgan fingerprint density at radius 1 is 1.31 bits per heavy atom. The highest BCUT2D eigenvalue weighted by atomic mass is 32.1. The zero-order chi connectivity index (χ0) is 18.1. The lowest BCUT2D eigenvalue weighted by molar-refractivity contribution is 0.102. The number of piperidine rings is 1. The minimum Gasteiger partial charge on any atom is -0.465 e. The molecule has 1 aliphatic rings. The van der Waals surface area contributed by atoms with Crippen molar-refractivity contribution in [2.24, 2.45) is 0 Å². The number of thiazole rings is 1. The fourth-order valence-electron chi connectivity index (χ4n) is 3.11. The number of nitrogens with one attached hydrogen (secondary N) is 2. The van der Waals surface area contributed by atoms with Gasteiger partial charge < -0.3 is 15.3 Å². The maximum absolute atomic E-state index is 12.4. The van der Waals surface area contributed by atoms with Gasteiger partial charge in [-0.05, 0) is 31.0 Å². The van der Waals surface area contributed by atoms with Crippen molar-refractivity contribution in [3.05, 3.63) is 40.5 Å². The molecule has 3 N–H and O–H groups in total. The number of aromatic nitrogens is 3. The van der Waals surface area contributed by atoms with Gasteiger partial charge in [0.2, 0.25) is 0 Å². The zero-order valence-electron chi connectivity index (χ0n) is 13.8. The van der Waals surface area contributed by atoms with E-state index in [9.17, 15) is 9.59 Å². The average Bonchev–Trinajstić information content (AvgIpc) is 3.31. The van der Waals surface area contributed by atoms with Crippen LogP contribution in [0.2, 0.25) is 0 Å². The Kier molecular flexibility index (Phi) is 4.29. The number of carbonyl (C=O) groups excluding carboxylic acids is 1. The molecule has 26 heavy (non-hydrogen) atoms. The first kappa shape index (κ1) is 16.5. The van der Waals surface area contributed by atoms with Crippen molar-refractivity contribution in [3.63, 3.8) is 0 Å². The maximum Gasteiger partial charge on any atom is 0.407 e. The summed E-state index contributed by atoms with van der Waals surface area (Å²) in [7, 11) is 0. The van der Waals surface area contributed by atoms with E-state index >= 15 is 0 Å². The largest absolute Gasteiger partial charge is 0.465 e. The highest BCUT2D eigenvalue weighted by molar-refractivity contribution is 7.10. The molecule has 1 saturated heterocycles. The number of likely N-dealkylation sites (tertiary alicyclic amines) is 1. The van der Waals surface area contributed by atoms with Crippen LogP contribution in [0, 0.1) is 0 Å². The predicted molar refractivity (Wildman–Crippen MR) is 97.7 cm³/mol. The number of rotatable bonds is 3. The monoisotopic (exact) mass is 371 g/mol. The van der Waals surface area contributed by atoms with Crippen LogP contribution in [0.5, 0.6) is 0 Å². The van der Waals surface area contributed by atoms with Gasteiger partial charge in [-0.25, -0.2) is 9.78 Å². The van der Waals surface area contributed by atoms with Gasteiger partial charge in [0.25, 0.3) is 5.91 Å². The Balaban J connectivity index is 1.42. The normalized spacial score (nSPS) is 15.3. The molecule has 2 amide bonds. The van der Waals surface area contributed by atoms with Crippen LogP contribution in [0.1, 0.15) is 34.3 Å². The fourth-order valence-corrected chi connectivity index (χ4v) is 4.08. The number of fused-ring (bicyclic) bond motifs is 1. The Morgan fingerprint density at radius 3 is 2.88 bits per heavy atom. The van der Waals surface area contributed by atoms with Crippen LogP contribution in [0.3, 0.4) is 0 Å². The van der Waals surface area contributed by atoms with Crippen LogP contribution in [0.15, 0.2) is 29.8 Å². The van der Waals surface area contributed by atoms with Crippen molar-refractivity contribution in [3.8, 4) is 0 Å². The van der Waals surface area contributed by atoms with Crippen molar-refractivity contribution in [2.45, 2.75) is 18.8 Å². The molecule has 9 heteroatoms. The summed E-state index contributed by atoms with van der Waals surface area (Å²) < 4.78 is 0. The van der Waals surface area contributed by atoms with Crippen molar-refractivity contribution < 1.29 is 14.7 Å². The van der Waals surface area contributed by atoms with Crippen LogP contribution >= 0.6 is 11.3 Å². The molecular formula is C17H17N5O3S. The fraction of sp³-hybridized carbons (Fsp3) is 0.294. The van der Waals surface area contributed by atoms with Crippen LogP contribution in [-0.2, 0) is 0 Å². The van der Waals surface area contributed by atoms with E-state index in [0.29, 0.717) is 24.5 Å². The summed E-state index contributed by atoms with van der Waals surface area (Å²) in [6.45, 7) is 1.01. The van der Waals surface area contributed by atoms with Gasteiger partial charge in [0.15, 0.2) is 0 Å². The summed E-state index contributed by atoms with van der Waals surface area (Å²) in [5.41, 5.74) is 1.98. The van der Waals surface area contributed by atoms with E-state index in [1.807, 2.05) is 18.2 Å². The van der Waals surface area contributed by atoms with Crippen molar-refractivity contribution in [1.29, 1.82) is 0 Å². The lowest BCUT2D eigenvalue weighted by Gasteiger charge is -2.28. The molecule has 0 bridgehead atoms. The average molecular weight is 371 g/mol. The van der Waals surface area contributed by atoms with E-state index in [-0.39, 0.29) is 11.8 Å². The lowest BCUT2D eigenvalue weighted by Crippen LogP contribution is -2.36. The molecule has 134 valence electrons. The number of carboxylic acid groups (broad SMARTS) is 1. The van der Waals surface area contributed by atoms with E-state index in [1.165, 1.54) is 16.2 Å². The maximum atomic E-state index is 12.4. The summed E-state index contributed by atoms with van der Waals surface area (Å²) in [6.07, 6.45) is 2.29. The number of carbonyl (C=O) groups is 2. The Bertz CT molecular complexity index is 958. The van der Waals surface area contributed by atoms with Crippen LogP contribution in [-0.4, -0.2) is 50.3 Å². The molecule has 1 aromatic carbocycles. The second kappa shape index (κ2) is 6.75. The number of benzene rings is 1. The summed E-state index contributed by atoms with van der Waals surface area (Å²) in [6, 6.07) is 5.53. The Hall–Kier alpha value is -2.94. The molecule has 0 atom stereocenters. The standard InChI is InChI=1S/C17H17N5O3S/c23-15(19-12-1-2-13-11(7-12)8-18-21-13)14-9-26-16(20-14)10-3-5-22(6-4-10)17(24)25/h1-2,7-10H,3-6H2,(H,18,21)(H,19,23)(H,24,25). The summed E-state index contributed by atoms with van der Waals surface area (Å²) in [5, 5.41) is 22.3. The van der Waals surface area contributed by atoms with Gasteiger partial charge in [0.05, 0.1) is 16.7 Å². The SMILES string of the molecule is O=C(Nc1ccc2[nH]ncc2c1)c1csc(C2CCN(C(=O)O)CC2)n1. The molecule has 0 aliphatic carbocycles. The summed E-state index contributed by atoms with van der Waals surface area (Å²) in [5.74, 6) is -0.0438. The van der Waals surface area contributed by atoms with Gasteiger partial charge in [-0.1, -0.05) is 0 Å². The third-order valence-corrected chi connectivity index (χ3v) is 5.57. The van der Waals surface area contributed by atoms with Crippen molar-refractivity contribution in [1.82, 2.24) is 20.1 Å². The molecule has 2 aromatic heterocycles. The van der Waals surface area contributed by atoms with E-state index < -0.39 is 6.09 Å². The molecule has 3 heterocycles. The van der Waals surface area contributed by atoms with E-state index in [4.69, 9.17) is 5.11 Å². The van der Waals surface area contributed by atoms with Gasteiger partial charge in [0, 0.05) is 35.5 Å². The molecular weight excluding hydrogens is 354 g/mol. The molecule has 0 unspecified atom stereocenters. The second-order valence-electron chi connectivity index (χ2n) is 6.24. The summed E-state index contributed by atoms with van der Waals surface area (Å²) in [4.78, 5) is 29.3. The van der Waals surface area contributed by atoms with Crippen LogP contribution in [0.25, 0.3) is 10.9 Å². The van der Waals surface area contributed by atoms with Crippen LogP contribution in [0.4, 0.5) is 10.5 Å². The van der Waals surface area contributed by atoms with Gasteiger partial charge in [0.1, 0.15) is 5.69 Å². The molecule has 1 fully saturated rings. The minimum atomic E-state index is -0.878.